The molecular formula is C14H20ClNO3. The van der Waals surface area contributed by atoms with Crippen LogP contribution in [0.15, 0.2) is 24.3 Å². The lowest BCUT2D eigenvalue weighted by atomic mass is 10.1. The van der Waals surface area contributed by atoms with E-state index in [1.54, 1.807) is 0 Å². The summed E-state index contributed by atoms with van der Waals surface area (Å²) < 4.78 is 4.77. The van der Waals surface area contributed by atoms with Crippen LogP contribution in [-0.4, -0.2) is 37.4 Å². The zero-order valence-corrected chi connectivity index (χ0v) is 11.8. The first-order valence-electron chi connectivity index (χ1n) is 6.30. The quantitative estimate of drug-likeness (QED) is 0.765. The van der Waals surface area contributed by atoms with Crippen LogP contribution in [0.1, 0.15) is 18.4 Å². The zero-order chi connectivity index (χ0) is 14.1. The lowest BCUT2D eigenvalue weighted by Crippen LogP contribution is -2.34. The van der Waals surface area contributed by atoms with E-state index in [0.29, 0.717) is 11.4 Å². The molecular weight excluding hydrogens is 266 g/mol. The second kappa shape index (κ2) is 8.91. The number of carbonyl (C=O) groups excluding carboxylic acids is 1. The number of hydrogen-bond acceptors (Lipinski definition) is 3. The summed E-state index contributed by atoms with van der Waals surface area (Å²) >= 11 is 5.79. The highest BCUT2D eigenvalue weighted by Crippen LogP contribution is 2.11. The van der Waals surface area contributed by atoms with E-state index in [-0.39, 0.29) is 19.1 Å². The molecule has 0 aromatic heterocycles. The second-order valence-electron chi connectivity index (χ2n) is 4.39. The summed E-state index contributed by atoms with van der Waals surface area (Å²) in [6, 6.07) is 7.61. The normalized spacial score (nSPS) is 12.2. The molecule has 0 aliphatic rings. The molecule has 1 rings (SSSR count). The van der Waals surface area contributed by atoms with Gasteiger partial charge in [0.15, 0.2) is 0 Å². The predicted octanol–water partition coefficient (Wildman–Crippen LogP) is 1.79. The van der Waals surface area contributed by atoms with Crippen molar-refractivity contribution in [2.24, 2.45) is 0 Å². The SMILES string of the molecule is COCC(O)CNC(=O)CCCc1ccc(Cl)cc1. The minimum absolute atomic E-state index is 0.0517. The van der Waals surface area contributed by atoms with Gasteiger partial charge in [-0.15, -0.1) is 0 Å². The minimum atomic E-state index is -0.648. The van der Waals surface area contributed by atoms with Crippen LogP contribution in [0, 0.1) is 0 Å². The van der Waals surface area contributed by atoms with E-state index < -0.39 is 6.10 Å². The Morgan fingerprint density at radius 1 is 1.42 bits per heavy atom. The van der Waals surface area contributed by atoms with Gasteiger partial charge in [0.05, 0.1) is 12.7 Å². The Hall–Kier alpha value is -1.10. The highest BCUT2D eigenvalue weighted by molar-refractivity contribution is 6.30. The fourth-order valence-corrected chi connectivity index (χ4v) is 1.80. The van der Waals surface area contributed by atoms with Crippen molar-refractivity contribution in [3.8, 4) is 0 Å². The fraction of sp³-hybridized carbons (Fsp3) is 0.500. The number of aryl methyl sites for hydroxylation is 1. The van der Waals surface area contributed by atoms with Crippen molar-refractivity contribution >= 4 is 17.5 Å². The van der Waals surface area contributed by atoms with Gasteiger partial charge in [-0.2, -0.15) is 0 Å². The predicted molar refractivity (Wildman–Crippen MR) is 75.3 cm³/mol. The van der Waals surface area contributed by atoms with Crippen LogP contribution >= 0.6 is 11.6 Å². The number of aliphatic hydroxyl groups is 1. The Labute approximate surface area is 118 Å². The van der Waals surface area contributed by atoms with E-state index in [9.17, 15) is 9.90 Å². The number of rotatable bonds is 8. The van der Waals surface area contributed by atoms with Gasteiger partial charge in [0, 0.05) is 25.1 Å². The zero-order valence-electron chi connectivity index (χ0n) is 11.1. The minimum Gasteiger partial charge on any atom is -0.389 e. The van der Waals surface area contributed by atoms with Crippen LogP contribution in [0.3, 0.4) is 0 Å². The van der Waals surface area contributed by atoms with Crippen LogP contribution < -0.4 is 5.32 Å². The Morgan fingerprint density at radius 2 is 2.11 bits per heavy atom. The van der Waals surface area contributed by atoms with Gasteiger partial charge in [-0.3, -0.25) is 4.79 Å². The molecule has 0 radical (unpaired) electrons. The lowest BCUT2D eigenvalue weighted by molar-refractivity contribution is -0.121. The maximum atomic E-state index is 11.5. The van der Waals surface area contributed by atoms with E-state index in [0.717, 1.165) is 18.4 Å². The number of carbonyl (C=O) groups is 1. The van der Waals surface area contributed by atoms with Crippen LogP contribution in [0.4, 0.5) is 0 Å². The monoisotopic (exact) mass is 285 g/mol. The third-order valence-electron chi connectivity index (χ3n) is 2.68. The molecule has 0 spiro atoms. The van der Waals surface area contributed by atoms with Crippen molar-refractivity contribution in [2.45, 2.75) is 25.4 Å². The summed E-state index contributed by atoms with van der Waals surface area (Å²) in [4.78, 5) is 11.5. The van der Waals surface area contributed by atoms with Gasteiger partial charge in [-0.25, -0.2) is 0 Å². The molecule has 1 atom stereocenters. The van der Waals surface area contributed by atoms with Gasteiger partial charge in [-0.1, -0.05) is 23.7 Å². The number of hydrogen-bond donors (Lipinski definition) is 2. The van der Waals surface area contributed by atoms with Crippen molar-refractivity contribution in [3.05, 3.63) is 34.9 Å². The molecule has 1 amide bonds. The molecule has 0 aliphatic carbocycles. The largest absolute Gasteiger partial charge is 0.389 e. The van der Waals surface area contributed by atoms with E-state index in [1.165, 1.54) is 7.11 Å². The highest BCUT2D eigenvalue weighted by atomic mass is 35.5. The van der Waals surface area contributed by atoms with Gasteiger partial charge in [-0.05, 0) is 30.5 Å². The van der Waals surface area contributed by atoms with Gasteiger partial charge in [0.2, 0.25) is 5.91 Å². The molecule has 1 unspecified atom stereocenters. The van der Waals surface area contributed by atoms with Gasteiger partial charge < -0.3 is 15.2 Å². The smallest absolute Gasteiger partial charge is 0.220 e. The van der Waals surface area contributed by atoms with Crippen LogP contribution in [-0.2, 0) is 16.0 Å². The topological polar surface area (TPSA) is 58.6 Å². The maximum absolute atomic E-state index is 11.5. The average molecular weight is 286 g/mol. The highest BCUT2D eigenvalue weighted by Gasteiger charge is 2.06. The maximum Gasteiger partial charge on any atom is 0.220 e. The van der Waals surface area contributed by atoms with Crippen molar-refractivity contribution < 1.29 is 14.6 Å². The van der Waals surface area contributed by atoms with E-state index in [1.807, 2.05) is 24.3 Å². The van der Waals surface area contributed by atoms with Crippen molar-refractivity contribution in [3.63, 3.8) is 0 Å². The molecule has 0 heterocycles. The van der Waals surface area contributed by atoms with Gasteiger partial charge in [0.1, 0.15) is 0 Å². The third-order valence-corrected chi connectivity index (χ3v) is 2.93. The van der Waals surface area contributed by atoms with E-state index in [4.69, 9.17) is 16.3 Å². The number of benzene rings is 1. The number of aliphatic hydroxyl groups excluding tert-OH is 1. The number of methoxy groups -OCH3 is 1. The molecule has 4 nitrogen and oxygen atoms in total. The van der Waals surface area contributed by atoms with Crippen LogP contribution in [0.25, 0.3) is 0 Å². The first kappa shape index (κ1) is 16.0. The molecule has 2 N–H and O–H groups in total. The summed E-state index contributed by atoms with van der Waals surface area (Å²) in [6.07, 6.45) is 1.41. The van der Waals surface area contributed by atoms with Crippen molar-refractivity contribution in [1.82, 2.24) is 5.32 Å². The summed E-state index contributed by atoms with van der Waals surface area (Å²) in [6.45, 7) is 0.457. The van der Waals surface area contributed by atoms with Crippen molar-refractivity contribution in [1.29, 1.82) is 0 Å². The molecule has 5 heteroatoms. The summed E-state index contributed by atoms with van der Waals surface area (Å²) in [7, 11) is 1.51. The molecule has 0 bridgehead atoms. The van der Waals surface area contributed by atoms with Gasteiger partial charge in [0.25, 0.3) is 0 Å². The molecule has 106 valence electrons. The number of amides is 1. The van der Waals surface area contributed by atoms with E-state index in [2.05, 4.69) is 5.32 Å². The standard InChI is InChI=1S/C14H20ClNO3/c1-19-10-13(17)9-16-14(18)4-2-3-11-5-7-12(15)8-6-11/h5-8,13,17H,2-4,9-10H2,1H3,(H,16,18). The molecule has 1 aromatic carbocycles. The van der Waals surface area contributed by atoms with E-state index >= 15 is 0 Å². The molecule has 0 aliphatic heterocycles. The Balaban J connectivity index is 2.15. The number of halogens is 1. The Bertz CT molecular complexity index is 381. The summed E-state index contributed by atoms with van der Waals surface area (Å²) in [5.41, 5.74) is 1.16. The van der Waals surface area contributed by atoms with Gasteiger partial charge >= 0.3 is 0 Å². The second-order valence-corrected chi connectivity index (χ2v) is 4.83. The first-order chi connectivity index (χ1) is 9.11. The fourth-order valence-electron chi connectivity index (χ4n) is 1.68. The average Bonchev–Trinajstić information content (AvgIpc) is 2.39. The number of ether oxygens (including phenoxy) is 1. The Kier molecular flexibility index (Phi) is 7.48. The van der Waals surface area contributed by atoms with Crippen molar-refractivity contribution in [2.75, 3.05) is 20.3 Å². The van der Waals surface area contributed by atoms with Crippen LogP contribution in [0.5, 0.6) is 0 Å². The number of nitrogens with one attached hydrogen (secondary N) is 1. The molecule has 0 fully saturated rings. The first-order valence-corrected chi connectivity index (χ1v) is 6.67. The lowest BCUT2D eigenvalue weighted by Gasteiger charge is -2.10. The van der Waals surface area contributed by atoms with Crippen LogP contribution in [0.2, 0.25) is 5.02 Å². The molecule has 0 saturated carbocycles. The molecule has 1 aromatic rings. The molecule has 19 heavy (non-hydrogen) atoms. The Morgan fingerprint density at radius 3 is 2.74 bits per heavy atom. The summed E-state index contributed by atoms with van der Waals surface area (Å²) in [5, 5.41) is 12.8. The third kappa shape index (κ3) is 7.15. The summed E-state index contributed by atoms with van der Waals surface area (Å²) in [5.74, 6) is -0.0517. The molecule has 0 saturated heterocycles.